The highest BCUT2D eigenvalue weighted by Crippen LogP contribution is 2.52. The number of rotatable bonds is 10. The molecule has 272 valence electrons. The Hall–Kier alpha value is -2.62. The molecule has 0 bridgehead atoms. The topological polar surface area (TPSA) is 182 Å². The number of ether oxygens (including phenoxy) is 2. The first-order chi connectivity index (χ1) is 21.7. The summed E-state index contributed by atoms with van der Waals surface area (Å²) in [7, 11) is -8.50. The van der Waals surface area contributed by atoms with Gasteiger partial charge in [0.25, 0.3) is 15.7 Å². The predicted octanol–water partition coefficient (Wildman–Crippen LogP) is 2.97. The number of esters is 1. The normalized spacial score (nSPS) is 24.4. The summed E-state index contributed by atoms with van der Waals surface area (Å²) in [6, 6.07) is -0.914. The third kappa shape index (κ3) is 7.89. The number of hydrogen-bond donors (Lipinski definition) is 2. The monoisotopic (exact) mass is 732 g/mol. The molecule has 1 fully saturated rings. The van der Waals surface area contributed by atoms with E-state index in [2.05, 4.69) is 10.6 Å². The molecule has 1 saturated heterocycles. The molecule has 3 heterocycles. The maximum absolute atomic E-state index is 13.7. The van der Waals surface area contributed by atoms with Gasteiger partial charge in [0.05, 0.1) is 24.3 Å². The zero-order valence-corrected chi connectivity index (χ0v) is 33.1. The van der Waals surface area contributed by atoms with Crippen LogP contribution in [-0.2, 0) is 44.5 Å². The highest BCUT2D eigenvalue weighted by molar-refractivity contribution is 7.90. The van der Waals surface area contributed by atoms with Crippen LogP contribution in [-0.4, -0.2) is 83.8 Å². The van der Waals surface area contributed by atoms with Crippen LogP contribution in [0.15, 0.2) is 26.9 Å². The van der Waals surface area contributed by atoms with E-state index in [-0.39, 0.29) is 29.5 Å². The molecule has 1 spiro atoms. The van der Waals surface area contributed by atoms with Crippen molar-refractivity contribution >= 4 is 38.8 Å². The van der Waals surface area contributed by atoms with Gasteiger partial charge in [0.1, 0.15) is 18.8 Å². The molecule has 2 aliphatic rings. The Morgan fingerprint density at radius 2 is 1.62 bits per heavy atom. The van der Waals surface area contributed by atoms with Gasteiger partial charge in [-0.3, -0.25) is 18.7 Å². The van der Waals surface area contributed by atoms with Crippen LogP contribution in [0.4, 0.5) is 4.79 Å². The number of urea groups is 1. The van der Waals surface area contributed by atoms with E-state index in [1.165, 1.54) is 17.8 Å². The molecule has 3 rings (SSSR count). The number of aryl methyl sites for hydroxylation is 1. The van der Waals surface area contributed by atoms with Crippen molar-refractivity contribution in [3.63, 3.8) is 0 Å². The number of carbonyl (C=O) groups excluding carboxylic acids is 2. The van der Waals surface area contributed by atoms with Crippen LogP contribution in [0.25, 0.3) is 0 Å². The highest BCUT2D eigenvalue weighted by atomic mass is 32.2. The Morgan fingerprint density at radius 1 is 1.04 bits per heavy atom. The number of nitrogens with one attached hydrogen (secondary N) is 2. The van der Waals surface area contributed by atoms with Crippen LogP contribution in [0.3, 0.4) is 0 Å². The lowest BCUT2D eigenvalue weighted by Gasteiger charge is -2.44. The van der Waals surface area contributed by atoms with Crippen molar-refractivity contribution in [3.8, 4) is 0 Å². The summed E-state index contributed by atoms with van der Waals surface area (Å²) in [6.45, 7) is 22.6. The fourth-order valence-electron chi connectivity index (χ4n) is 4.86. The van der Waals surface area contributed by atoms with Gasteiger partial charge >= 0.3 is 17.7 Å². The summed E-state index contributed by atoms with van der Waals surface area (Å²) in [5, 5.41) is 5.06. The zero-order valence-electron chi connectivity index (χ0n) is 30.3. The predicted molar refractivity (Wildman–Crippen MR) is 184 cm³/mol. The first kappa shape index (κ1) is 39.8. The van der Waals surface area contributed by atoms with Gasteiger partial charge in [0.15, 0.2) is 28.5 Å². The Kier molecular flexibility index (Phi) is 11.3. The minimum atomic E-state index is -4.48. The molecule has 2 amide bonds. The van der Waals surface area contributed by atoms with Gasteiger partial charge in [-0.25, -0.2) is 13.8 Å². The van der Waals surface area contributed by atoms with Crippen molar-refractivity contribution < 1.29 is 40.5 Å². The van der Waals surface area contributed by atoms with Crippen molar-refractivity contribution in [1.29, 1.82) is 0 Å². The molecule has 18 heteroatoms. The summed E-state index contributed by atoms with van der Waals surface area (Å²) in [6.07, 6.45) is -2.58. The summed E-state index contributed by atoms with van der Waals surface area (Å²) in [5.74, 6) is -0.694. The SMILES string of the molecule is CCOC(=O)CNC(=O)NC1=CS(=O)(=O)OC12C(CO[Si](C)(C)C(C)(C)C)O[C@@H](n1cc(C)c(=O)n(C)c1=O)[C@@H]2O[Si](C)(C)C(C)(C)C. The van der Waals surface area contributed by atoms with Gasteiger partial charge in [-0.1, -0.05) is 41.5 Å². The van der Waals surface area contributed by atoms with Crippen molar-refractivity contribution in [1.82, 2.24) is 19.8 Å². The standard InChI is InChI=1S/C30H52N4O11SSi2/c1-14-41-22(35)15-31-26(37)32-20-18-46(39,40)45-30(20)21(17-42-47(10,11)28(3,4)5)43-25(23(30)44-48(12,13)29(6,7)8)34-16-19(2)24(36)33(9)27(34)38/h16,18,21,23,25H,14-15,17H2,1-13H3,(H2,31,32,37)/t21?,23-,25+,30?/m0/s1. The fourth-order valence-corrected chi connectivity index (χ4v) is 8.40. The Bertz CT molecular complexity index is 1670. The molecule has 15 nitrogen and oxygen atoms in total. The van der Waals surface area contributed by atoms with E-state index in [0.717, 1.165) is 9.98 Å². The third-order valence-corrected chi connectivity index (χ3v) is 19.7. The van der Waals surface area contributed by atoms with Gasteiger partial charge in [-0.2, -0.15) is 8.42 Å². The number of amides is 2. The Balaban J connectivity index is 2.30. The number of nitrogens with zero attached hydrogens (tertiary/aromatic N) is 2. The first-order valence-electron chi connectivity index (χ1n) is 15.8. The first-order valence-corrected chi connectivity index (χ1v) is 23.1. The van der Waals surface area contributed by atoms with Gasteiger partial charge in [0.2, 0.25) is 0 Å². The van der Waals surface area contributed by atoms with Crippen LogP contribution < -0.4 is 21.9 Å². The smallest absolute Gasteiger partial charge is 0.332 e. The van der Waals surface area contributed by atoms with E-state index < -0.39 is 85.6 Å². The van der Waals surface area contributed by atoms with Crippen LogP contribution in [0.2, 0.25) is 36.3 Å². The minimum Gasteiger partial charge on any atom is -0.465 e. The van der Waals surface area contributed by atoms with Crippen molar-refractivity contribution in [2.45, 2.75) is 116 Å². The molecular weight excluding hydrogens is 681 g/mol. The lowest BCUT2D eigenvalue weighted by atomic mass is 9.89. The molecule has 1 aromatic rings. The zero-order chi connectivity index (χ0) is 36.8. The van der Waals surface area contributed by atoms with Crippen LogP contribution >= 0.6 is 0 Å². The highest BCUT2D eigenvalue weighted by Gasteiger charge is 2.68. The minimum absolute atomic E-state index is 0.105. The van der Waals surface area contributed by atoms with E-state index >= 15 is 0 Å². The lowest BCUT2D eigenvalue weighted by molar-refractivity contribution is -0.141. The number of carbonyl (C=O) groups is 2. The summed E-state index contributed by atoms with van der Waals surface area (Å²) in [4.78, 5) is 51.5. The average molecular weight is 733 g/mol. The molecule has 0 saturated carbocycles. The third-order valence-electron chi connectivity index (χ3n) is 9.73. The second-order valence-electron chi connectivity index (χ2n) is 15.3. The van der Waals surface area contributed by atoms with Crippen molar-refractivity contribution in [3.05, 3.63) is 43.7 Å². The summed E-state index contributed by atoms with van der Waals surface area (Å²) >= 11 is 0. The maximum Gasteiger partial charge on any atom is 0.332 e. The number of hydrogen-bond acceptors (Lipinski definition) is 11. The molecule has 0 radical (unpaired) electrons. The van der Waals surface area contributed by atoms with Crippen LogP contribution in [0, 0.1) is 6.92 Å². The quantitative estimate of drug-likeness (QED) is 0.205. The summed E-state index contributed by atoms with van der Waals surface area (Å²) < 4.78 is 59.9. The van der Waals surface area contributed by atoms with Crippen molar-refractivity contribution in [2.24, 2.45) is 7.05 Å². The van der Waals surface area contributed by atoms with Gasteiger partial charge in [0, 0.05) is 18.8 Å². The molecule has 2 N–H and O–H groups in total. The number of aromatic nitrogens is 2. The van der Waals surface area contributed by atoms with E-state index in [1.54, 1.807) is 13.8 Å². The summed E-state index contributed by atoms with van der Waals surface area (Å²) in [5.41, 5.74) is -3.30. The molecule has 0 aliphatic carbocycles. The molecule has 1 aromatic heterocycles. The van der Waals surface area contributed by atoms with Gasteiger partial charge < -0.3 is 29.0 Å². The maximum atomic E-state index is 13.7. The van der Waals surface area contributed by atoms with Gasteiger partial charge in [-0.05, 0) is 50.1 Å². The van der Waals surface area contributed by atoms with Crippen LogP contribution in [0.1, 0.15) is 60.3 Å². The second kappa shape index (κ2) is 13.6. The molecule has 2 unspecified atom stereocenters. The largest absolute Gasteiger partial charge is 0.465 e. The van der Waals surface area contributed by atoms with E-state index in [9.17, 15) is 27.6 Å². The van der Waals surface area contributed by atoms with Gasteiger partial charge in [-0.15, -0.1) is 0 Å². The second-order valence-corrected chi connectivity index (χ2v) is 26.2. The Labute approximate surface area is 284 Å². The molecule has 2 aliphatic heterocycles. The molecular formula is C30H52N4O11SSi2. The lowest BCUT2D eigenvalue weighted by Crippen LogP contribution is -2.60. The Morgan fingerprint density at radius 3 is 2.17 bits per heavy atom. The fraction of sp³-hybridized carbons (Fsp3) is 0.733. The van der Waals surface area contributed by atoms with E-state index in [1.807, 2.05) is 67.7 Å². The van der Waals surface area contributed by atoms with E-state index in [4.69, 9.17) is 22.5 Å². The molecule has 48 heavy (non-hydrogen) atoms. The molecule has 0 aromatic carbocycles. The van der Waals surface area contributed by atoms with Crippen LogP contribution in [0.5, 0.6) is 0 Å². The molecule has 4 atom stereocenters. The van der Waals surface area contributed by atoms with E-state index in [0.29, 0.717) is 0 Å². The average Bonchev–Trinajstić information content (AvgIpc) is 3.37. The van der Waals surface area contributed by atoms with Crippen molar-refractivity contribution in [2.75, 3.05) is 19.8 Å².